The maximum Gasteiger partial charge on any atom is 0.299 e. The van der Waals surface area contributed by atoms with Crippen molar-refractivity contribution >= 4 is 31.4 Å². The van der Waals surface area contributed by atoms with E-state index < -0.39 is 17.0 Å². The number of rotatable bonds is 4. The molecule has 0 fully saturated rings. The van der Waals surface area contributed by atoms with Gasteiger partial charge in [0.2, 0.25) is 0 Å². The quantitative estimate of drug-likeness (QED) is 0.358. The van der Waals surface area contributed by atoms with Crippen molar-refractivity contribution < 1.29 is 14.4 Å². The van der Waals surface area contributed by atoms with Crippen molar-refractivity contribution in [3.05, 3.63) is 0 Å². The molecule has 4 nitrogen and oxygen atoms in total. The molecule has 0 heterocycles. The first-order valence-electron chi connectivity index (χ1n) is 2.95. The van der Waals surface area contributed by atoms with Gasteiger partial charge in [-0.25, -0.2) is 5.48 Å². The van der Waals surface area contributed by atoms with E-state index in [4.69, 9.17) is 7.85 Å². The number of nitrogens with one attached hydrogen (secondary N) is 1. The van der Waals surface area contributed by atoms with Crippen LogP contribution in [0.5, 0.6) is 0 Å². The van der Waals surface area contributed by atoms with Gasteiger partial charge >= 0.3 is 0 Å². The highest BCUT2D eigenvalue weighted by Crippen LogP contribution is 1.94. The third-order valence-corrected chi connectivity index (χ3v) is 0.927. The fraction of sp³-hybridized carbons (Fsp3) is 0.600. The van der Waals surface area contributed by atoms with Gasteiger partial charge in [0.25, 0.3) is 5.24 Å². The summed E-state index contributed by atoms with van der Waals surface area (Å²) >= 11 is 3.37. The van der Waals surface area contributed by atoms with E-state index in [0.29, 0.717) is 0 Å². The van der Waals surface area contributed by atoms with Crippen molar-refractivity contribution in [1.82, 2.24) is 5.48 Å². The molecule has 1 unspecified atom stereocenters. The molecule has 1 N–H and O–H groups in total. The lowest BCUT2D eigenvalue weighted by molar-refractivity contribution is -0.115. The molecular weight excluding hydrogens is 165 g/mol. The van der Waals surface area contributed by atoms with Crippen molar-refractivity contribution in [3.63, 3.8) is 0 Å². The van der Waals surface area contributed by atoms with Gasteiger partial charge in [0.1, 0.15) is 0 Å². The molecule has 6 heteroatoms. The normalized spacial score (nSPS) is 12.2. The highest BCUT2D eigenvalue weighted by atomic mass is 32.1. The summed E-state index contributed by atoms with van der Waals surface area (Å²) in [7, 11) is 4.85. The smallest absolute Gasteiger partial charge is 0.299 e. The molecule has 2 radical (unpaired) electrons. The first-order valence-corrected chi connectivity index (χ1v) is 3.40. The molecule has 0 aromatic heterocycles. The Kier molecular flexibility index (Phi) is 4.97. The maximum atomic E-state index is 10.3. The van der Waals surface area contributed by atoms with E-state index in [0.717, 1.165) is 0 Å². The Labute approximate surface area is 71.4 Å². The first kappa shape index (κ1) is 10.5. The summed E-state index contributed by atoms with van der Waals surface area (Å²) in [6, 6.07) is 0. The van der Waals surface area contributed by atoms with E-state index >= 15 is 0 Å². The minimum atomic E-state index is -0.610. The van der Waals surface area contributed by atoms with E-state index in [2.05, 4.69) is 17.5 Å². The number of amides is 1. The third-order valence-electron chi connectivity index (χ3n) is 0.836. The van der Waals surface area contributed by atoms with Crippen molar-refractivity contribution in [3.8, 4) is 0 Å². The number of hydroxylamine groups is 1. The van der Waals surface area contributed by atoms with Crippen LogP contribution in [-0.2, 0) is 9.63 Å². The molecule has 0 spiro atoms. The largest absolute Gasteiger partial charge is 0.313 e. The number of carbonyl (C=O) groups excluding carboxylic acids is 2. The average Bonchev–Trinajstić information content (AvgIpc) is 1.82. The van der Waals surface area contributed by atoms with E-state index in [-0.39, 0.29) is 6.42 Å². The molecule has 0 aliphatic heterocycles. The zero-order chi connectivity index (χ0) is 8.85. The van der Waals surface area contributed by atoms with E-state index in [1.54, 1.807) is 6.92 Å². The second kappa shape index (κ2) is 5.20. The molecule has 0 aliphatic carbocycles. The van der Waals surface area contributed by atoms with Crippen LogP contribution in [0, 0.1) is 0 Å². The summed E-state index contributed by atoms with van der Waals surface area (Å²) in [5.74, 6) is 0. The van der Waals surface area contributed by atoms with Crippen molar-refractivity contribution in [2.45, 2.75) is 19.4 Å². The van der Waals surface area contributed by atoms with Crippen LogP contribution in [0.2, 0.25) is 0 Å². The first-order chi connectivity index (χ1) is 5.02. The van der Waals surface area contributed by atoms with Crippen LogP contribution < -0.4 is 5.48 Å². The van der Waals surface area contributed by atoms with Gasteiger partial charge in [0.05, 0.1) is 11.8 Å². The van der Waals surface area contributed by atoms with Gasteiger partial charge in [0.15, 0.2) is 7.85 Å². The topological polar surface area (TPSA) is 55.4 Å². The molecule has 0 rings (SSSR count). The number of carbonyl (C=O) groups is 2. The van der Waals surface area contributed by atoms with Gasteiger partial charge in [0, 0.05) is 6.42 Å². The van der Waals surface area contributed by atoms with Crippen LogP contribution in [0.1, 0.15) is 13.3 Å². The summed E-state index contributed by atoms with van der Waals surface area (Å²) in [5.41, 5.74) is 1.49. The van der Waals surface area contributed by atoms with Gasteiger partial charge in [-0.1, -0.05) is 12.6 Å². The van der Waals surface area contributed by atoms with Gasteiger partial charge in [-0.2, -0.15) is 0 Å². The highest BCUT2D eigenvalue weighted by molar-refractivity contribution is 7.96. The lowest BCUT2D eigenvalue weighted by atomic mass is 9.97. The molecule has 0 saturated carbocycles. The van der Waals surface area contributed by atoms with Crippen LogP contribution in [0.25, 0.3) is 0 Å². The lowest BCUT2D eigenvalue weighted by Crippen LogP contribution is -2.25. The molecule has 0 aliphatic rings. The molecule has 0 aromatic carbocycles. The number of thiol groups is 1. The minimum absolute atomic E-state index is 0.0635. The molecule has 0 saturated heterocycles. The molecule has 60 valence electrons. The summed E-state index contributed by atoms with van der Waals surface area (Å²) in [5, 5.41) is -0.610. The summed E-state index contributed by atoms with van der Waals surface area (Å²) < 4.78 is 0. The zero-order valence-corrected chi connectivity index (χ0v) is 6.93. The van der Waals surface area contributed by atoms with E-state index in [1.807, 2.05) is 5.48 Å². The standard InChI is InChI=1S/C5H8BNO3S/c1-3(2-4(6)8)10-7-5(9)11/h3H,2H2,1H3,(H2,7,9,11). The Morgan fingerprint density at radius 3 is 2.64 bits per heavy atom. The maximum absolute atomic E-state index is 10.3. The van der Waals surface area contributed by atoms with E-state index in [1.165, 1.54) is 0 Å². The Balaban J connectivity index is 3.44. The fourth-order valence-electron chi connectivity index (χ4n) is 0.476. The molecule has 0 bridgehead atoms. The highest BCUT2D eigenvalue weighted by Gasteiger charge is 2.05. The van der Waals surface area contributed by atoms with Crippen LogP contribution in [-0.4, -0.2) is 24.9 Å². The molecule has 1 atom stereocenters. The molecular formula is C5H8BNO3S. The van der Waals surface area contributed by atoms with Crippen molar-refractivity contribution in [2.75, 3.05) is 0 Å². The van der Waals surface area contributed by atoms with Gasteiger partial charge < -0.3 is 4.79 Å². The summed E-state index contributed by atoms with van der Waals surface area (Å²) in [6.07, 6.45) is -0.364. The third kappa shape index (κ3) is 7.41. The Bertz CT molecular complexity index is 164. The predicted octanol–water partition coefficient (Wildman–Crippen LogP) is 0.0311. The Hall–Kier alpha value is -0.485. The van der Waals surface area contributed by atoms with Gasteiger partial charge in [-0.15, -0.1) is 0 Å². The second-order valence-corrected chi connectivity index (χ2v) is 2.41. The van der Waals surface area contributed by atoms with E-state index in [9.17, 15) is 9.59 Å². The minimum Gasteiger partial charge on any atom is -0.313 e. The monoisotopic (exact) mass is 173 g/mol. The lowest BCUT2D eigenvalue weighted by Gasteiger charge is -2.09. The van der Waals surface area contributed by atoms with Crippen LogP contribution in [0.3, 0.4) is 0 Å². The van der Waals surface area contributed by atoms with Crippen LogP contribution in [0.15, 0.2) is 0 Å². The Morgan fingerprint density at radius 2 is 2.27 bits per heavy atom. The van der Waals surface area contributed by atoms with Crippen molar-refractivity contribution in [1.29, 1.82) is 0 Å². The zero-order valence-electron chi connectivity index (χ0n) is 6.03. The second-order valence-electron chi connectivity index (χ2n) is 2.01. The predicted molar refractivity (Wildman–Crippen MR) is 43.4 cm³/mol. The van der Waals surface area contributed by atoms with Gasteiger partial charge in [-0.3, -0.25) is 9.63 Å². The fourth-order valence-corrected chi connectivity index (χ4v) is 0.529. The molecule has 0 aromatic rings. The molecule has 1 amide bonds. The summed E-state index contributed by atoms with van der Waals surface area (Å²) in [6.45, 7) is 1.61. The van der Waals surface area contributed by atoms with Crippen molar-refractivity contribution in [2.24, 2.45) is 0 Å². The molecule has 11 heavy (non-hydrogen) atoms. The van der Waals surface area contributed by atoms with Gasteiger partial charge in [-0.05, 0) is 6.92 Å². The van der Waals surface area contributed by atoms with Crippen LogP contribution in [0.4, 0.5) is 4.79 Å². The summed E-state index contributed by atoms with van der Waals surface area (Å²) in [4.78, 5) is 25.0. The number of hydrogen-bond donors (Lipinski definition) is 2. The number of hydrogen-bond acceptors (Lipinski definition) is 3. The van der Waals surface area contributed by atoms with Crippen LogP contribution >= 0.6 is 12.6 Å². The SMILES string of the molecule is [B]C(=O)CC(C)ONC(=O)S. The Morgan fingerprint density at radius 1 is 1.73 bits per heavy atom. The average molecular weight is 173 g/mol.